The van der Waals surface area contributed by atoms with Gasteiger partial charge in [0.05, 0.1) is 6.54 Å². The van der Waals surface area contributed by atoms with Gasteiger partial charge in [-0.3, -0.25) is 4.90 Å². The standard InChI is InChI=1S/C12H24N4/c1-4-16-7-5-6-11(16)9-15-12(13)14-8-10(2)3/h11H,2,4-9H2,1,3H3,(H3,13,14,15)/t11-/m1/s1. The fourth-order valence-electron chi connectivity index (χ4n) is 2.04. The van der Waals surface area contributed by atoms with Crippen molar-refractivity contribution in [1.29, 1.82) is 0 Å². The number of guanidine groups is 1. The summed E-state index contributed by atoms with van der Waals surface area (Å²) in [6.45, 7) is 11.8. The molecule has 0 radical (unpaired) electrons. The number of nitrogens with zero attached hydrogens (tertiary/aromatic N) is 2. The normalized spacial score (nSPS) is 22.4. The third kappa shape index (κ3) is 4.23. The first kappa shape index (κ1) is 13.0. The highest BCUT2D eigenvalue weighted by Gasteiger charge is 2.22. The van der Waals surface area contributed by atoms with Crippen molar-refractivity contribution in [1.82, 2.24) is 10.2 Å². The second-order valence-electron chi connectivity index (χ2n) is 4.46. The van der Waals surface area contributed by atoms with Crippen LogP contribution in [0.15, 0.2) is 17.1 Å². The topological polar surface area (TPSA) is 53.6 Å². The third-order valence-corrected chi connectivity index (χ3v) is 2.94. The van der Waals surface area contributed by atoms with Gasteiger partial charge in [0.2, 0.25) is 0 Å². The molecule has 1 rings (SSSR count). The molecule has 0 amide bonds. The highest BCUT2D eigenvalue weighted by molar-refractivity contribution is 5.77. The zero-order valence-corrected chi connectivity index (χ0v) is 10.5. The lowest BCUT2D eigenvalue weighted by molar-refractivity contribution is 0.267. The van der Waals surface area contributed by atoms with Gasteiger partial charge in [-0.2, -0.15) is 0 Å². The van der Waals surface area contributed by atoms with Crippen LogP contribution in [0.25, 0.3) is 0 Å². The Labute approximate surface area is 98.6 Å². The summed E-state index contributed by atoms with van der Waals surface area (Å²) in [5, 5.41) is 3.19. The monoisotopic (exact) mass is 224 g/mol. The first-order valence-electron chi connectivity index (χ1n) is 6.05. The van der Waals surface area contributed by atoms with Crippen LogP contribution in [0.5, 0.6) is 0 Å². The van der Waals surface area contributed by atoms with Gasteiger partial charge in [0.15, 0.2) is 5.96 Å². The number of hydrogen-bond donors (Lipinski definition) is 2. The Morgan fingerprint density at radius 2 is 2.38 bits per heavy atom. The Balaban J connectivity index is 2.28. The summed E-state index contributed by atoms with van der Waals surface area (Å²) in [6, 6.07) is 0.614. The van der Waals surface area contributed by atoms with Crippen molar-refractivity contribution >= 4 is 5.96 Å². The maximum Gasteiger partial charge on any atom is 0.188 e. The predicted molar refractivity (Wildman–Crippen MR) is 69.6 cm³/mol. The van der Waals surface area contributed by atoms with Crippen LogP contribution < -0.4 is 11.1 Å². The van der Waals surface area contributed by atoms with E-state index in [1.54, 1.807) is 0 Å². The number of nitrogens with one attached hydrogen (secondary N) is 1. The van der Waals surface area contributed by atoms with Crippen LogP contribution in [0, 0.1) is 0 Å². The quantitative estimate of drug-likeness (QED) is 0.415. The minimum atomic E-state index is 0.533. The van der Waals surface area contributed by atoms with Crippen LogP contribution in [-0.2, 0) is 0 Å². The largest absolute Gasteiger partial charge is 0.370 e. The highest BCUT2D eigenvalue weighted by Crippen LogP contribution is 2.15. The van der Waals surface area contributed by atoms with E-state index in [0.29, 0.717) is 18.5 Å². The molecule has 4 heteroatoms. The molecule has 0 saturated carbocycles. The van der Waals surface area contributed by atoms with Gasteiger partial charge in [0.1, 0.15) is 0 Å². The summed E-state index contributed by atoms with van der Waals surface area (Å²) < 4.78 is 0. The number of aliphatic imine (C=N–C) groups is 1. The maximum atomic E-state index is 5.77. The van der Waals surface area contributed by atoms with E-state index >= 15 is 0 Å². The SMILES string of the molecule is C=C(C)CN=C(N)NC[C@H]1CCCN1CC. The Bertz CT molecular complexity index is 260. The summed E-state index contributed by atoms with van der Waals surface area (Å²) in [5.74, 6) is 0.533. The minimum Gasteiger partial charge on any atom is -0.370 e. The molecule has 16 heavy (non-hydrogen) atoms. The molecule has 0 bridgehead atoms. The molecule has 0 aromatic heterocycles. The van der Waals surface area contributed by atoms with E-state index in [1.807, 2.05) is 6.92 Å². The summed E-state index contributed by atoms with van der Waals surface area (Å²) in [6.07, 6.45) is 2.55. The summed E-state index contributed by atoms with van der Waals surface area (Å²) in [5.41, 5.74) is 6.79. The summed E-state index contributed by atoms with van der Waals surface area (Å²) in [4.78, 5) is 6.69. The molecule has 0 aromatic rings. The molecular formula is C12H24N4. The highest BCUT2D eigenvalue weighted by atomic mass is 15.2. The van der Waals surface area contributed by atoms with Crippen LogP contribution in [0.3, 0.4) is 0 Å². The van der Waals surface area contributed by atoms with Gasteiger partial charge in [0, 0.05) is 12.6 Å². The van der Waals surface area contributed by atoms with Crippen molar-refractivity contribution in [2.75, 3.05) is 26.2 Å². The molecule has 0 aliphatic carbocycles. The van der Waals surface area contributed by atoms with Gasteiger partial charge < -0.3 is 11.1 Å². The molecule has 1 saturated heterocycles. The van der Waals surface area contributed by atoms with E-state index < -0.39 is 0 Å². The fourth-order valence-corrected chi connectivity index (χ4v) is 2.04. The van der Waals surface area contributed by atoms with Crippen molar-refractivity contribution in [3.63, 3.8) is 0 Å². The molecule has 1 aliphatic rings. The van der Waals surface area contributed by atoms with E-state index in [1.165, 1.54) is 19.4 Å². The van der Waals surface area contributed by atoms with Crippen molar-refractivity contribution in [2.45, 2.75) is 32.7 Å². The molecule has 1 atom stereocenters. The maximum absolute atomic E-state index is 5.77. The first-order valence-corrected chi connectivity index (χ1v) is 6.05. The smallest absolute Gasteiger partial charge is 0.188 e. The molecule has 1 aliphatic heterocycles. The lowest BCUT2D eigenvalue weighted by atomic mass is 10.2. The van der Waals surface area contributed by atoms with E-state index in [9.17, 15) is 0 Å². The number of likely N-dealkylation sites (N-methyl/N-ethyl adjacent to an activating group) is 1. The Kier molecular flexibility index (Phi) is 5.32. The van der Waals surface area contributed by atoms with Gasteiger partial charge in [-0.25, -0.2) is 4.99 Å². The third-order valence-electron chi connectivity index (χ3n) is 2.94. The molecule has 4 nitrogen and oxygen atoms in total. The van der Waals surface area contributed by atoms with Gasteiger partial charge in [0.25, 0.3) is 0 Å². The average molecular weight is 224 g/mol. The number of hydrogen-bond acceptors (Lipinski definition) is 2. The van der Waals surface area contributed by atoms with Gasteiger partial charge in [-0.15, -0.1) is 0 Å². The van der Waals surface area contributed by atoms with Crippen molar-refractivity contribution in [2.24, 2.45) is 10.7 Å². The van der Waals surface area contributed by atoms with Gasteiger partial charge in [-0.1, -0.05) is 19.1 Å². The second-order valence-corrected chi connectivity index (χ2v) is 4.46. The van der Waals surface area contributed by atoms with Crippen molar-refractivity contribution in [3.05, 3.63) is 12.2 Å². The lowest BCUT2D eigenvalue weighted by Gasteiger charge is -2.23. The van der Waals surface area contributed by atoms with Gasteiger partial charge in [-0.05, 0) is 32.9 Å². The second kappa shape index (κ2) is 6.53. The molecule has 1 fully saturated rings. The van der Waals surface area contributed by atoms with Crippen LogP contribution in [0.1, 0.15) is 26.7 Å². The zero-order chi connectivity index (χ0) is 12.0. The Morgan fingerprint density at radius 3 is 3.00 bits per heavy atom. The summed E-state index contributed by atoms with van der Waals surface area (Å²) >= 11 is 0. The lowest BCUT2D eigenvalue weighted by Crippen LogP contribution is -2.42. The Morgan fingerprint density at radius 1 is 1.62 bits per heavy atom. The molecule has 92 valence electrons. The molecule has 0 aromatic carbocycles. The van der Waals surface area contributed by atoms with E-state index in [0.717, 1.165) is 18.7 Å². The minimum absolute atomic E-state index is 0.533. The van der Waals surface area contributed by atoms with Crippen molar-refractivity contribution in [3.8, 4) is 0 Å². The predicted octanol–water partition coefficient (Wildman–Crippen LogP) is 0.951. The Hall–Kier alpha value is -1.03. The number of likely N-dealkylation sites (tertiary alicyclic amines) is 1. The van der Waals surface area contributed by atoms with Crippen LogP contribution in [0.2, 0.25) is 0 Å². The van der Waals surface area contributed by atoms with Gasteiger partial charge >= 0.3 is 0 Å². The number of rotatable bonds is 5. The van der Waals surface area contributed by atoms with E-state index in [2.05, 4.69) is 28.7 Å². The number of nitrogens with two attached hydrogens (primary N) is 1. The van der Waals surface area contributed by atoms with Crippen molar-refractivity contribution < 1.29 is 0 Å². The van der Waals surface area contributed by atoms with E-state index in [-0.39, 0.29) is 0 Å². The van der Waals surface area contributed by atoms with E-state index in [4.69, 9.17) is 5.73 Å². The average Bonchev–Trinajstić information content (AvgIpc) is 2.70. The van der Waals surface area contributed by atoms with Crippen LogP contribution in [0.4, 0.5) is 0 Å². The fraction of sp³-hybridized carbons (Fsp3) is 0.750. The summed E-state index contributed by atoms with van der Waals surface area (Å²) in [7, 11) is 0. The molecule has 3 N–H and O–H groups in total. The zero-order valence-electron chi connectivity index (χ0n) is 10.5. The first-order chi connectivity index (χ1) is 7.63. The molecule has 0 spiro atoms. The molecular weight excluding hydrogens is 200 g/mol. The van der Waals surface area contributed by atoms with Crippen LogP contribution in [-0.4, -0.2) is 43.1 Å². The molecule has 0 unspecified atom stereocenters. The molecule has 1 heterocycles. The van der Waals surface area contributed by atoms with Crippen LogP contribution >= 0.6 is 0 Å².